The van der Waals surface area contributed by atoms with Gasteiger partial charge in [0.1, 0.15) is 11.5 Å². The molecular formula is C21H19ClN2O4. The van der Waals surface area contributed by atoms with Gasteiger partial charge in [-0.15, -0.1) is 0 Å². The normalized spacial score (nSPS) is 10.4. The molecule has 3 aromatic rings. The van der Waals surface area contributed by atoms with Gasteiger partial charge in [-0.2, -0.15) is 0 Å². The zero-order chi connectivity index (χ0) is 20.1. The Morgan fingerprint density at radius 2 is 1.89 bits per heavy atom. The molecule has 0 radical (unpaired) electrons. The first kappa shape index (κ1) is 19.5. The summed E-state index contributed by atoms with van der Waals surface area (Å²) in [6.45, 7) is 0.325. The van der Waals surface area contributed by atoms with E-state index in [2.05, 4.69) is 5.32 Å². The molecule has 28 heavy (non-hydrogen) atoms. The molecule has 2 aromatic carbocycles. The molecule has 0 aliphatic heterocycles. The van der Waals surface area contributed by atoms with Crippen molar-refractivity contribution < 1.29 is 14.3 Å². The summed E-state index contributed by atoms with van der Waals surface area (Å²) in [6.07, 6.45) is 1.53. The van der Waals surface area contributed by atoms with Crippen molar-refractivity contribution in [3.8, 4) is 11.5 Å². The van der Waals surface area contributed by atoms with Gasteiger partial charge in [0, 0.05) is 18.0 Å². The minimum absolute atomic E-state index is 0.202. The van der Waals surface area contributed by atoms with E-state index in [1.807, 2.05) is 24.3 Å². The lowest BCUT2D eigenvalue weighted by atomic mass is 10.2. The SMILES string of the molecule is COc1cccc(Cn2cc(C(=O)Nc3ccc(OC)c(Cl)c3)ccc2=O)c1. The standard InChI is InChI=1S/C21H19ClN2O4/c1-27-17-5-3-4-14(10-17)12-24-13-15(6-9-20(24)25)21(26)23-16-7-8-19(28-2)18(22)11-16/h3-11,13H,12H2,1-2H3,(H,23,26). The molecule has 1 amide bonds. The van der Waals surface area contributed by atoms with E-state index in [0.717, 1.165) is 5.56 Å². The van der Waals surface area contributed by atoms with Crippen molar-refractivity contribution in [1.29, 1.82) is 0 Å². The fourth-order valence-electron chi connectivity index (χ4n) is 2.70. The highest BCUT2D eigenvalue weighted by Crippen LogP contribution is 2.27. The van der Waals surface area contributed by atoms with Crippen LogP contribution in [0.25, 0.3) is 0 Å². The number of carbonyl (C=O) groups is 1. The predicted octanol–water partition coefficient (Wildman–Crippen LogP) is 3.82. The number of amides is 1. The number of hydrogen-bond acceptors (Lipinski definition) is 4. The summed E-state index contributed by atoms with van der Waals surface area (Å²) in [6, 6.07) is 15.2. The van der Waals surface area contributed by atoms with Crippen LogP contribution in [0, 0.1) is 0 Å². The van der Waals surface area contributed by atoms with E-state index in [-0.39, 0.29) is 11.5 Å². The fourth-order valence-corrected chi connectivity index (χ4v) is 2.96. The first-order chi connectivity index (χ1) is 13.5. The number of ether oxygens (including phenoxy) is 2. The molecule has 6 nitrogen and oxygen atoms in total. The van der Waals surface area contributed by atoms with Gasteiger partial charge in [0.2, 0.25) is 0 Å². The molecule has 0 bridgehead atoms. The quantitative estimate of drug-likeness (QED) is 0.685. The lowest BCUT2D eigenvalue weighted by molar-refractivity contribution is 0.102. The molecule has 1 N–H and O–H groups in total. The van der Waals surface area contributed by atoms with Crippen LogP contribution in [-0.2, 0) is 6.54 Å². The van der Waals surface area contributed by atoms with Crippen LogP contribution in [0.4, 0.5) is 5.69 Å². The minimum atomic E-state index is -0.347. The Labute approximate surface area is 167 Å². The number of carbonyl (C=O) groups excluding carboxylic acids is 1. The number of benzene rings is 2. The van der Waals surface area contributed by atoms with Gasteiger partial charge in [-0.05, 0) is 42.0 Å². The lowest BCUT2D eigenvalue weighted by Crippen LogP contribution is -2.22. The third-order valence-corrected chi connectivity index (χ3v) is 4.44. The van der Waals surface area contributed by atoms with Gasteiger partial charge < -0.3 is 19.4 Å². The molecule has 0 saturated heterocycles. The van der Waals surface area contributed by atoms with E-state index >= 15 is 0 Å². The zero-order valence-corrected chi connectivity index (χ0v) is 16.2. The monoisotopic (exact) mass is 398 g/mol. The number of pyridine rings is 1. The van der Waals surface area contributed by atoms with E-state index in [0.29, 0.717) is 34.3 Å². The third-order valence-electron chi connectivity index (χ3n) is 4.14. The molecule has 1 aromatic heterocycles. The first-order valence-corrected chi connectivity index (χ1v) is 8.86. The summed E-state index contributed by atoms with van der Waals surface area (Å²) in [5.41, 5.74) is 1.57. The summed E-state index contributed by atoms with van der Waals surface area (Å²) >= 11 is 6.09. The number of nitrogens with one attached hydrogen (secondary N) is 1. The van der Waals surface area contributed by atoms with Crippen molar-refractivity contribution in [2.45, 2.75) is 6.54 Å². The van der Waals surface area contributed by atoms with Crippen molar-refractivity contribution in [1.82, 2.24) is 4.57 Å². The average molecular weight is 399 g/mol. The Hall–Kier alpha value is -3.25. The highest BCUT2D eigenvalue weighted by Gasteiger charge is 2.10. The van der Waals surface area contributed by atoms with E-state index < -0.39 is 0 Å². The van der Waals surface area contributed by atoms with Gasteiger partial charge in [0.25, 0.3) is 11.5 Å². The van der Waals surface area contributed by atoms with Crippen LogP contribution in [0.5, 0.6) is 11.5 Å². The van der Waals surface area contributed by atoms with Crippen LogP contribution in [-0.4, -0.2) is 24.7 Å². The Morgan fingerprint density at radius 1 is 1.07 bits per heavy atom. The maximum atomic E-state index is 12.6. The molecule has 0 saturated carbocycles. The van der Waals surface area contributed by atoms with Gasteiger partial charge in [0.15, 0.2) is 0 Å². The van der Waals surface area contributed by atoms with Crippen LogP contribution in [0.15, 0.2) is 65.6 Å². The van der Waals surface area contributed by atoms with E-state index in [4.69, 9.17) is 21.1 Å². The number of nitrogens with zero attached hydrogens (tertiary/aromatic N) is 1. The lowest BCUT2D eigenvalue weighted by Gasteiger charge is -2.11. The zero-order valence-electron chi connectivity index (χ0n) is 15.4. The van der Waals surface area contributed by atoms with Gasteiger partial charge >= 0.3 is 0 Å². The average Bonchev–Trinajstić information content (AvgIpc) is 2.70. The largest absolute Gasteiger partial charge is 0.497 e. The molecule has 0 atom stereocenters. The van der Waals surface area contributed by atoms with Crippen molar-refractivity contribution in [2.75, 3.05) is 19.5 Å². The molecule has 7 heteroatoms. The Kier molecular flexibility index (Phi) is 6.01. The fraction of sp³-hybridized carbons (Fsp3) is 0.143. The van der Waals surface area contributed by atoms with Gasteiger partial charge in [-0.3, -0.25) is 9.59 Å². The number of anilines is 1. The van der Waals surface area contributed by atoms with E-state index in [1.54, 1.807) is 25.3 Å². The highest BCUT2D eigenvalue weighted by atomic mass is 35.5. The number of hydrogen-bond donors (Lipinski definition) is 1. The Balaban J connectivity index is 1.81. The van der Waals surface area contributed by atoms with Crippen molar-refractivity contribution in [2.24, 2.45) is 0 Å². The Bertz CT molecular complexity index is 1060. The van der Waals surface area contributed by atoms with Crippen LogP contribution >= 0.6 is 11.6 Å². The van der Waals surface area contributed by atoms with Crippen molar-refractivity contribution in [3.05, 3.63) is 87.3 Å². The Morgan fingerprint density at radius 3 is 2.61 bits per heavy atom. The van der Waals surface area contributed by atoms with Crippen molar-refractivity contribution >= 4 is 23.2 Å². The summed E-state index contributed by atoms with van der Waals surface area (Å²) < 4.78 is 11.8. The third kappa shape index (κ3) is 4.53. The number of halogens is 1. The van der Waals surface area contributed by atoms with Gasteiger partial charge in [-0.25, -0.2) is 0 Å². The predicted molar refractivity (Wildman–Crippen MR) is 109 cm³/mol. The smallest absolute Gasteiger partial charge is 0.257 e. The molecule has 0 fully saturated rings. The van der Waals surface area contributed by atoms with E-state index in [1.165, 1.54) is 30.0 Å². The van der Waals surface area contributed by atoms with Crippen LogP contribution < -0.4 is 20.3 Å². The number of rotatable bonds is 6. The minimum Gasteiger partial charge on any atom is -0.497 e. The van der Waals surface area contributed by atoms with E-state index in [9.17, 15) is 9.59 Å². The van der Waals surface area contributed by atoms with Gasteiger partial charge in [-0.1, -0.05) is 23.7 Å². The molecule has 0 aliphatic rings. The molecular weight excluding hydrogens is 380 g/mol. The van der Waals surface area contributed by atoms with Gasteiger partial charge in [0.05, 0.1) is 31.4 Å². The first-order valence-electron chi connectivity index (χ1n) is 8.48. The molecule has 1 heterocycles. The molecule has 144 valence electrons. The molecule has 0 aliphatic carbocycles. The van der Waals surface area contributed by atoms with Crippen molar-refractivity contribution in [3.63, 3.8) is 0 Å². The second-order valence-electron chi connectivity index (χ2n) is 6.04. The van der Waals surface area contributed by atoms with Crippen LogP contribution in [0.1, 0.15) is 15.9 Å². The second kappa shape index (κ2) is 8.63. The summed E-state index contributed by atoms with van der Waals surface area (Å²) in [5.74, 6) is 0.878. The second-order valence-corrected chi connectivity index (χ2v) is 6.45. The molecule has 3 rings (SSSR count). The topological polar surface area (TPSA) is 69.6 Å². The molecule has 0 spiro atoms. The number of methoxy groups -OCH3 is 2. The van der Waals surface area contributed by atoms with Crippen LogP contribution in [0.3, 0.4) is 0 Å². The van der Waals surface area contributed by atoms with Crippen LogP contribution in [0.2, 0.25) is 5.02 Å². The summed E-state index contributed by atoms with van der Waals surface area (Å²) in [7, 11) is 3.10. The summed E-state index contributed by atoms with van der Waals surface area (Å²) in [4.78, 5) is 24.8. The maximum Gasteiger partial charge on any atom is 0.257 e. The maximum absolute atomic E-state index is 12.6. The highest BCUT2D eigenvalue weighted by molar-refractivity contribution is 6.32. The summed E-state index contributed by atoms with van der Waals surface area (Å²) in [5, 5.41) is 3.16. The molecule has 0 unspecified atom stereocenters. The number of aromatic nitrogens is 1.